The number of ether oxygens (including phenoxy) is 2. The first kappa shape index (κ1) is 16.9. The van der Waals surface area contributed by atoms with E-state index in [0.717, 1.165) is 5.75 Å². The number of benzene rings is 2. The second kappa shape index (κ2) is 7.32. The highest BCUT2D eigenvalue weighted by atomic mass is 35.5. The monoisotopic (exact) mass is 365 g/mol. The number of nitrogens with zero attached hydrogens (tertiary/aromatic N) is 1. The van der Waals surface area contributed by atoms with Gasteiger partial charge in [-0.3, -0.25) is 4.79 Å². The SMILES string of the molecule is CN(CC1COc2ccccc2O1)C(=O)Cc1c(Cl)cccc1Cl. The predicted octanol–water partition coefficient (Wildman–Crippen LogP) is 3.83. The lowest BCUT2D eigenvalue weighted by molar-refractivity contribution is -0.130. The van der Waals surface area contributed by atoms with Crippen LogP contribution in [0.3, 0.4) is 0 Å². The summed E-state index contributed by atoms with van der Waals surface area (Å²) in [6.45, 7) is 0.830. The molecular weight excluding hydrogens is 349 g/mol. The molecule has 1 atom stereocenters. The number of para-hydroxylation sites is 2. The third kappa shape index (κ3) is 3.77. The normalized spacial score (nSPS) is 15.9. The van der Waals surface area contributed by atoms with Crippen molar-refractivity contribution in [3.8, 4) is 11.5 Å². The summed E-state index contributed by atoms with van der Waals surface area (Å²) in [5.41, 5.74) is 0.642. The van der Waals surface area contributed by atoms with Crippen molar-refractivity contribution in [3.05, 3.63) is 58.1 Å². The van der Waals surface area contributed by atoms with Gasteiger partial charge in [0.2, 0.25) is 5.91 Å². The number of carbonyl (C=O) groups is 1. The second-order valence-electron chi connectivity index (χ2n) is 5.65. The molecule has 0 saturated carbocycles. The number of hydrogen-bond acceptors (Lipinski definition) is 3. The average molecular weight is 366 g/mol. The van der Waals surface area contributed by atoms with E-state index in [1.807, 2.05) is 24.3 Å². The maximum Gasteiger partial charge on any atom is 0.226 e. The molecule has 0 radical (unpaired) electrons. The zero-order valence-corrected chi connectivity index (χ0v) is 14.7. The molecule has 0 aliphatic carbocycles. The summed E-state index contributed by atoms with van der Waals surface area (Å²) >= 11 is 12.3. The fourth-order valence-corrected chi connectivity index (χ4v) is 3.08. The molecule has 2 aromatic rings. The van der Waals surface area contributed by atoms with Crippen molar-refractivity contribution in [1.82, 2.24) is 4.90 Å². The Morgan fingerprint density at radius 3 is 2.50 bits per heavy atom. The van der Waals surface area contributed by atoms with Crippen LogP contribution in [0.4, 0.5) is 0 Å². The topological polar surface area (TPSA) is 38.8 Å². The first-order chi connectivity index (χ1) is 11.5. The lowest BCUT2D eigenvalue weighted by atomic mass is 10.1. The largest absolute Gasteiger partial charge is 0.486 e. The molecule has 0 saturated heterocycles. The van der Waals surface area contributed by atoms with Gasteiger partial charge in [0.25, 0.3) is 0 Å². The summed E-state index contributed by atoms with van der Waals surface area (Å²) in [7, 11) is 1.73. The minimum Gasteiger partial charge on any atom is -0.486 e. The van der Waals surface area contributed by atoms with Gasteiger partial charge in [-0.1, -0.05) is 41.4 Å². The molecule has 0 N–H and O–H groups in total. The Morgan fingerprint density at radius 1 is 1.12 bits per heavy atom. The van der Waals surface area contributed by atoms with E-state index in [9.17, 15) is 4.79 Å². The number of hydrogen-bond donors (Lipinski definition) is 0. The van der Waals surface area contributed by atoms with Gasteiger partial charge >= 0.3 is 0 Å². The van der Waals surface area contributed by atoms with Gasteiger partial charge in [0.15, 0.2) is 17.6 Å². The van der Waals surface area contributed by atoms with Gasteiger partial charge < -0.3 is 14.4 Å². The van der Waals surface area contributed by atoms with Crippen LogP contribution in [0.15, 0.2) is 42.5 Å². The number of carbonyl (C=O) groups excluding carboxylic acids is 1. The Bertz CT molecular complexity index is 731. The van der Waals surface area contributed by atoms with Gasteiger partial charge in [0.05, 0.1) is 13.0 Å². The van der Waals surface area contributed by atoms with Gasteiger partial charge in [-0.25, -0.2) is 0 Å². The number of fused-ring (bicyclic) bond motifs is 1. The van der Waals surface area contributed by atoms with E-state index >= 15 is 0 Å². The van der Waals surface area contributed by atoms with Crippen molar-refractivity contribution in [2.45, 2.75) is 12.5 Å². The Kier molecular flexibility index (Phi) is 5.17. The summed E-state index contributed by atoms with van der Waals surface area (Å²) < 4.78 is 11.5. The van der Waals surface area contributed by atoms with Crippen molar-refractivity contribution in [2.75, 3.05) is 20.2 Å². The molecule has 0 bridgehead atoms. The first-order valence-electron chi connectivity index (χ1n) is 7.60. The Balaban J connectivity index is 1.61. The minimum absolute atomic E-state index is 0.0764. The summed E-state index contributed by atoms with van der Waals surface area (Å²) in [6.07, 6.45) is -0.0605. The molecule has 1 unspecified atom stereocenters. The molecule has 1 heterocycles. The van der Waals surface area contributed by atoms with Crippen molar-refractivity contribution in [3.63, 3.8) is 0 Å². The maximum atomic E-state index is 12.4. The molecular formula is C18H17Cl2NO3. The van der Waals surface area contributed by atoms with Gasteiger partial charge in [0, 0.05) is 17.1 Å². The summed E-state index contributed by atoms with van der Waals surface area (Å²) in [5.74, 6) is 1.35. The Hall–Kier alpha value is -1.91. The highest BCUT2D eigenvalue weighted by Gasteiger charge is 2.24. The van der Waals surface area contributed by atoms with E-state index in [1.54, 1.807) is 30.1 Å². The number of likely N-dealkylation sites (N-methyl/N-ethyl adjacent to an activating group) is 1. The molecule has 0 fully saturated rings. The first-order valence-corrected chi connectivity index (χ1v) is 8.35. The van der Waals surface area contributed by atoms with E-state index in [2.05, 4.69) is 0 Å². The number of amides is 1. The lowest BCUT2D eigenvalue weighted by Crippen LogP contribution is -2.42. The van der Waals surface area contributed by atoms with Crippen LogP contribution >= 0.6 is 23.2 Å². The highest BCUT2D eigenvalue weighted by molar-refractivity contribution is 6.36. The van der Waals surface area contributed by atoms with Crippen LogP contribution in [-0.4, -0.2) is 37.1 Å². The fourth-order valence-electron chi connectivity index (χ4n) is 2.55. The molecule has 2 aromatic carbocycles. The van der Waals surface area contributed by atoms with Crippen molar-refractivity contribution >= 4 is 29.1 Å². The molecule has 1 aliphatic rings. The molecule has 126 valence electrons. The Morgan fingerprint density at radius 2 is 1.79 bits per heavy atom. The third-order valence-electron chi connectivity index (χ3n) is 3.86. The predicted molar refractivity (Wildman–Crippen MR) is 94.2 cm³/mol. The van der Waals surface area contributed by atoms with Gasteiger partial charge in [-0.2, -0.15) is 0 Å². The zero-order valence-electron chi connectivity index (χ0n) is 13.2. The fraction of sp³-hybridized carbons (Fsp3) is 0.278. The number of halogens is 2. The molecule has 1 aliphatic heterocycles. The summed E-state index contributed by atoms with van der Waals surface area (Å²) in [6, 6.07) is 12.7. The third-order valence-corrected chi connectivity index (χ3v) is 4.57. The Labute approximate surface area is 150 Å². The van der Waals surface area contributed by atoms with E-state index in [1.165, 1.54) is 0 Å². The molecule has 6 heteroatoms. The van der Waals surface area contributed by atoms with Crippen LogP contribution in [0, 0.1) is 0 Å². The van der Waals surface area contributed by atoms with Crippen molar-refractivity contribution in [2.24, 2.45) is 0 Å². The molecule has 0 spiro atoms. The van der Waals surface area contributed by atoms with Crippen molar-refractivity contribution in [1.29, 1.82) is 0 Å². The molecule has 0 aromatic heterocycles. The van der Waals surface area contributed by atoms with Gasteiger partial charge in [0.1, 0.15) is 6.61 Å². The second-order valence-corrected chi connectivity index (χ2v) is 6.46. The lowest BCUT2D eigenvalue weighted by Gasteiger charge is -2.29. The van der Waals surface area contributed by atoms with Crippen molar-refractivity contribution < 1.29 is 14.3 Å². The standard InChI is InChI=1S/C18H17Cl2NO3/c1-21(18(22)9-13-14(19)5-4-6-15(13)20)10-12-11-23-16-7-2-3-8-17(16)24-12/h2-8,12H,9-11H2,1H3. The van der Waals surface area contributed by atoms with Crippen LogP contribution in [0.5, 0.6) is 11.5 Å². The minimum atomic E-state index is -0.212. The van der Waals surface area contributed by atoms with Gasteiger partial charge in [-0.15, -0.1) is 0 Å². The molecule has 3 rings (SSSR count). The van der Waals surface area contributed by atoms with Crippen LogP contribution in [-0.2, 0) is 11.2 Å². The van der Waals surface area contributed by atoms with Crippen LogP contribution < -0.4 is 9.47 Å². The average Bonchev–Trinajstić information content (AvgIpc) is 2.58. The van der Waals surface area contributed by atoms with E-state index in [4.69, 9.17) is 32.7 Å². The highest BCUT2D eigenvalue weighted by Crippen LogP contribution is 2.31. The molecule has 4 nitrogen and oxygen atoms in total. The van der Waals surface area contributed by atoms with E-state index < -0.39 is 0 Å². The van der Waals surface area contributed by atoms with E-state index in [0.29, 0.717) is 34.5 Å². The van der Waals surface area contributed by atoms with Gasteiger partial charge in [-0.05, 0) is 29.8 Å². The maximum absolute atomic E-state index is 12.4. The molecule has 24 heavy (non-hydrogen) atoms. The summed E-state index contributed by atoms with van der Waals surface area (Å²) in [4.78, 5) is 14.1. The molecule has 1 amide bonds. The van der Waals surface area contributed by atoms with E-state index in [-0.39, 0.29) is 18.4 Å². The summed E-state index contributed by atoms with van der Waals surface area (Å²) in [5, 5.41) is 0.992. The number of rotatable bonds is 4. The zero-order chi connectivity index (χ0) is 17.1. The quantitative estimate of drug-likeness (QED) is 0.826. The smallest absolute Gasteiger partial charge is 0.226 e. The van der Waals surface area contributed by atoms with Crippen LogP contribution in [0.1, 0.15) is 5.56 Å². The van der Waals surface area contributed by atoms with Crippen LogP contribution in [0.2, 0.25) is 10.0 Å². The van der Waals surface area contributed by atoms with Crippen LogP contribution in [0.25, 0.3) is 0 Å².